The van der Waals surface area contributed by atoms with Gasteiger partial charge >= 0.3 is 0 Å². The zero-order valence-corrected chi connectivity index (χ0v) is 13.9. The summed E-state index contributed by atoms with van der Waals surface area (Å²) in [5, 5.41) is 3.12. The summed E-state index contributed by atoms with van der Waals surface area (Å²) >= 11 is 0. The van der Waals surface area contributed by atoms with Crippen LogP contribution in [0.5, 0.6) is 5.75 Å². The van der Waals surface area contributed by atoms with Gasteiger partial charge in [0.05, 0.1) is 18.6 Å². The largest absolute Gasteiger partial charge is 0.497 e. The number of nitrogens with one attached hydrogen (secondary N) is 1. The number of likely N-dealkylation sites (N-methyl/N-ethyl adjacent to an activating group) is 1. The average Bonchev–Trinajstić information content (AvgIpc) is 2.86. The Bertz CT molecular complexity index is 627. The third kappa shape index (κ3) is 3.91. The fraction of sp³-hybridized carbons (Fsp3) is 0.533. The molecule has 1 aliphatic rings. The minimum absolute atomic E-state index is 0.0600. The molecule has 0 unspecified atom stereocenters. The number of anilines is 1. The van der Waals surface area contributed by atoms with E-state index in [2.05, 4.69) is 5.32 Å². The lowest BCUT2D eigenvalue weighted by Crippen LogP contribution is -2.45. The van der Waals surface area contributed by atoms with Crippen LogP contribution in [0.1, 0.15) is 13.3 Å². The molecule has 0 radical (unpaired) electrons. The number of sulfone groups is 1. The van der Waals surface area contributed by atoms with Crippen molar-refractivity contribution in [2.45, 2.75) is 25.4 Å². The monoisotopic (exact) mass is 326 g/mol. The van der Waals surface area contributed by atoms with Crippen LogP contribution in [0.3, 0.4) is 0 Å². The SMILES string of the molecule is COc1ccc(N[C@H](C)C(=O)N(C)[C@@H]2CCS(=O)(=O)C2)cc1. The number of carbonyl (C=O) groups is 1. The van der Waals surface area contributed by atoms with Gasteiger partial charge in [0.25, 0.3) is 0 Å². The number of methoxy groups -OCH3 is 1. The molecule has 1 fully saturated rings. The van der Waals surface area contributed by atoms with Crippen LogP contribution in [-0.2, 0) is 14.6 Å². The number of benzene rings is 1. The highest BCUT2D eigenvalue weighted by Gasteiger charge is 2.33. The van der Waals surface area contributed by atoms with E-state index in [1.807, 2.05) is 24.3 Å². The second kappa shape index (κ2) is 6.56. The van der Waals surface area contributed by atoms with Gasteiger partial charge in [-0.15, -0.1) is 0 Å². The van der Waals surface area contributed by atoms with E-state index in [9.17, 15) is 13.2 Å². The van der Waals surface area contributed by atoms with E-state index in [-0.39, 0.29) is 23.5 Å². The molecular formula is C15H22N2O4S. The van der Waals surface area contributed by atoms with Crippen LogP contribution in [0.15, 0.2) is 24.3 Å². The Hall–Kier alpha value is -1.76. The van der Waals surface area contributed by atoms with Gasteiger partial charge in [0.1, 0.15) is 11.8 Å². The highest BCUT2D eigenvalue weighted by Crippen LogP contribution is 2.19. The standard InChI is InChI=1S/C15H22N2O4S/c1-11(16-12-4-6-14(21-3)7-5-12)15(18)17(2)13-8-9-22(19,20)10-13/h4-7,11,13,16H,8-10H2,1-3H3/t11-,13-/m1/s1. The summed E-state index contributed by atoms with van der Waals surface area (Å²) in [6.07, 6.45) is 0.514. The molecule has 1 saturated heterocycles. The highest BCUT2D eigenvalue weighted by atomic mass is 32.2. The predicted molar refractivity (Wildman–Crippen MR) is 85.9 cm³/mol. The summed E-state index contributed by atoms with van der Waals surface area (Å²) in [6.45, 7) is 1.77. The molecule has 0 aromatic heterocycles. The summed E-state index contributed by atoms with van der Waals surface area (Å²) in [6, 6.07) is 6.64. The number of amides is 1. The average molecular weight is 326 g/mol. The van der Waals surface area contributed by atoms with Crippen molar-refractivity contribution in [1.29, 1.82) is 0 Å². The smallest absolute Gasteiger partial charge is 0.244 e. The number of ether oxygens (including phenoxy) is 1. The molecule has 1 heterocycles. The second-order valence-corrected chi connectivity index (χ2v) is 7.83. The summed E-state index contributed by atoms with van der Waals surface area (Å²) in [5.74, 6) is 0.857. The van der Waals surface area contributed by atoms with Crippen LogP contribution in [0.2, 0.25) is 0 Å². The maximum absolute atomic E-state index is 12.4. The Balaban J connectivity index is 1.96. The molecule has 0 bridgehead atoms. The maximum Gasteiger partial charge on any atom is 0.244 e. The van der Waals surface area contributed by atoms with Gasteiger partial charge in [-0.3, -0.25) is 4.79 Å². The molecule has 7 heteroatoms. The van der Waals surface area contributed by atoms with E-state index >= 15 is 0 Å². The highest BCUT2D eigenvalue weighted by molar-refractivity contribution is 7.91. The van der Waals surface area contributed by atoms with E-state index in [1.54, 1.807) is 26.0 Å². The molecule has 122 valence electrons. The maximum atomic E-state index is 12.4. The Morgan fingerprint density at radius 2 is 2.00 bits per heavy atom. The van der Waals surface area contributed by atoms with E-state index in [1.165, 1.54) is 0 Å². The van der Waals surface area contributed by atoms with Crippen molar-refractivity contribution in [2.75, 3.05) is 31.0 Å². The summed E-state index contributed by atoms with van der Waals surface area (Å²) < 4.78 is 28.1. The van der Waals surface area contributed by atoms with Gasteiger partial charge in [-0.05, 0) is 37.6 Å². The van der Waals surface area contributed by atoms with Crippen molar-refractivity contribution >= 4 is 21.4 Å². The van der Waals surface area contributed by atoms with E-state index < -0.39 is 15.9 Å². The topological polar surface area (TPSA) is 75.7 Å². The van der Waals surface area contributed by atoms with Crippen molar-refractivity contribution < 1.29 is 17.9 Å². The van der Waals surface area contributed by atoms with Gasteiger partial charge in [-0.2, -0.15) is 0 Å². The summed E-state index contributed by atoms with van der Waals surface area (Å²) in [4.78, 5) is 14.0. The molecule has 0 saturated carbocycles. The van der Waals surface area contributed by atoms with Gasteiger partial charge in [-0.1, -0.05) is 0 Å². The van der Waals surface area contributed by atoms with Gasteiger partial charge in [0.2, 0.25) is 5.91 Å². The molecule has 1 aromatic rings. The Labute approximate surface area is 131 Å². The quantitative estimate of drug-likeness (QED) is 0.878. The number of carbonyl (C=O) groups excluding carboxylic acids is 1. The van der Waals surface area contributed by atoms with Gasteiger partial charge in [0, 0.05) is 18.8 Å². The van der Waals surface area contributed by atoms with Crippen LogP contribution in [-0.4, -0.2) is 57.0 Å². The normalized spacial score (nSPS) is 21.1. The lowest BCUT2D eigenvalue weighted by Gasteiger charge is -2.27. The van der Waals surface area contributed by atoms with E-state index in [0.29, 0.717) is 6.42 Å². The predicted octanol–water partition coefficient (Wildman–Crippen LogP) is 1.14. The van der Waals surface area contributed by atoms with Crippen molar-refractivity contribution in [1.82, 2.24) is 4.90 Å². The number of rotatable bonds is 5. The second-order valence-electron chi connectivity index (χ2n) is 5.60. The fourth-order valence-corrected chi connectivity index (χ4v) is 4.34. The Morgan fingerprint density at radius 1 is 1.36 bits per heavy atom. The lowest BCUT2D eigenvalue weighted by atomic mass is 10.2. The number of hydrogen-bond donors (Lipinski definition) is 1. The van der Waals surface area contributed by atoms with Crippen LogP contribution in [0.25, 0.3) is 0 Å². The first-order valence-corrected chi connectivity index (χ1v) is 9.02. The van der Waals surface area contributed by atoms with Crippen molar-refractivity contribution in [2.24, 2.45) is 0 Å². The molecule has 2 rings (SSSR count). The molecule has 1 N–H and O–H groups in total. The first kappa shape index (κ1) is 16.6. The Kier molecular flexibility index (Phi) is 4.95. The zero-order chi connectivity index (χ0) is 16.3. The van der Waals surface area contributed by atoms with Crippen LogP contribution >= 0.6 is 0 Å². The molecule has 0 spiro atoms. The summed E-state index contributed by atoms with van der Waals surface area (Å²) in [5.41, 5.74) is 0.814. The first-order chi connectivity index (χ1) is 10.3. The van der Waals surface area contributed by atoms with Crippen molar-refractivity contribution in [3.63, 3.8) is 0 Å². The van der Waals surface area contributed by atoms with Crippen LogP contribution in [0.4, 0.5) is 5.69 Å². The molecule has 1 aliphatic heterocycles. The molecule has 22 heavy (non-hydrogen) atoms. The molecule has 6 nitrogen and oxygen atoms in total. The Morgan fingerprint density at radius 3 is 2.50 bits per heavy atom. The minimum Gasteiger partial charge on any atom is -0.497 e. The molecule has 1 amide bonds. The third-order valence-electron chi connectivity index (χ3n) is 3.95. The van der Waals surface area contributed by atoms with Crippen molar-refractivity contribution in [3.8, 4) is 5.75 Å². The zero-order valence-electron chi connectivity index (χ0n) is 13.1. The van der Waals surface area contributed by atoms with Gasteiger partial charge < -0.3 is 15.0 Å². The molecule has 0 aliphatic carbocycles. The van der Waals surface area contributed by atoms with E-state index in [4.69, 9.17) is 4.74 Å². The lowest BCUT2D eigenvalue weighted by molar-refractivity contribution is -0.132. The van der Waals surface area contributed by atoms with Gasteiger partial charge in [-0.25, -0.2) is 8.42 Å². The van der Waals surface area contributed by atoms with E-state index in [0.717, 1.165) is 11.4 Å². The van der Waals surface area contributed by atoms with Crippen LogP contribution in [0, 0.1) is 0 Å². The minimum atomic E-state index is -2.99. The third-order valence-corrected chi connectivity index (χ3v) is 5.70. The molecule has 1 aromatic carbocycles. The van der Waals surface area contributed by atoms with Gasteiger partial charge in [0.15, 0.2) is 9.84 Å². The molecular weight excluding hydrogens is 304 g/mol. The fourth-order valence-electron chi connectivity index (χ4n) is 2.57. The number of nitrogens with zero attached hydrogens (tertiary/aromatic N) is 1. The van der Waals surface area contributed by atoms with Crippen molar-refractivity contribution in [3.05, 3.63) is 24.3 Å². The summed E-state index contributed by atoms with van der Waals surface area (Å²) in [7, 11) is 0.269. The molecule has 2 atom stereocenters. The van der Waals surface area contributed by atoms with Crippen LogP contribution < -0.4 is 10.1 Å². The number of hydrogen-bond acceptors (Lipinski definition) is 5. The first-order valence-electron chi connectivity index (χ1n) is 7.20.